The Kier molecular flexibility index (Phi) is 4.13. The quantitative estimate of drug-likeness (QED) is 0.638. The minimum Gasteiger partial charge on any atom is -0.388 e. The molecule has 1 aromatic heterocycles. The molecule has 1 heterocycles. The van der Waals surface area contributed by atoms with Gasteiger partial charge in [-0.05, 0) is 12.1 Å². The Morgan fingerprint density at radius 2 is 2.21 bits per heavy atom. The summed E-state index contributed by atoms with van der Waals surface area (Å²) in [6.45, 7) is 2.03. The zero-order valence-corrected chi connectivity index (χ0v) is 11.1. The van der Waals surface area contributed by atoms with Crippen molar-refractivity contribution in [2.45, 2.75) is 13.3 Å². The third kappa shape index (κ3) is 2.91. The van der Waals surface area contributed by atoms with E-state index in [0.717, 1.165) is 35.5 Å². The van der Waals surface area contributed by atoms with E-state index in [1.54, 1.807) is 6.20 Å². The number of imidazole rings is 1. The van der Waals surface area contributed by atoms with Crippen LogP contribution in [0.15, 0.2) is 30.5 Å². The van der Waals surface area contributed by atoms with Crippen LogP contribution in [0, 0.1) is 0 Å². The molecule has 0 atom stereocenters. The molecule has 0 aliphatic heterocycles. The fourth-order valence-electron chi connectivity index (χ4n) is 1.93. The van der Waals surface area contributed by atoms with Crippen LogP contribution >= 0.6 is 0 Å². The Morgan fingerprint density at radius 3 is 2.84 bits per heavy atom. The van der Waals surface area contributed by atoms with Crippen molar-refractivity contribution in [2.24, 2.45) is 0 Å². The van der Waals surface area contributed by atoms with E-state index in [9.17, 15) is 4.79 Å². The normalized spacial score (nSPS) is 11.4. The van der Waals surface area contributed by atoms with Crippen molar-refractivity contribution in [1.82, 2.24) is 9.97 Å². The molecule has 0 spiro atoms. The molecule has 0 radical (unpaired) electrons. The number of allylic oxidation sites excluding steroid dienone is 1. The highest BCUT2D eigenvalue weighted by Gasteiger charge is 2.06. The Morgan fingerprint density at radius 1 is 1.42 bits per heavy atom. The minimum absolute atomic E-state index is 0.622. The van der Waals surface area contributed by atoms with Gasteiger partial charge in [-0.25, -0.2) is 4.98 Å². The molecule has 1 aromatic carbocycles. The second kappa shape index (κ2) is 6.00. The molecule has 4 nitrogen and oxygen atoms in total. The van der Waals surface area contributed by atoms with Gasteiger partial charge in [0, 0.05) is 30.3 Å². The molecule has 0 saturated carbocycles. The summed E-state index contributed by atoms with van der Waals surface area (Å²) in [6.07, 6.45) is 5.26. The smallest absolute Gasteiger partial charge is 0.150 e. The molecule has 19 heavy (non-hydrogen) atoms. The highest BCUT2D eigenvalue weighted by Crippen LogP contribution is 2.23. The number of carbonyl (C=O) groups excluding carboxylic acids is 1. The molecule has 0 amide bonds. The topological polar surface area (TPSA) is 57.8 Å². The van der Waals surface area contributed by atoms with Gasteiger partial charge in [0.1, 0.15) is 5.82 Å². The van der Waals surface area contributed by atoms with Gasteiger partial charge >= 0.3 is 0 Å². The fraction of sp³-hybridized carbons (Fsp3) is 0.200. The number of carbonyl (C=O) groups is 1. The van der Waals surface area contributed by atoms with Crippen LogP contribution in [0.3, 0.4) is 0 Å². The number of aromatic nitrogens is 2. The maximum Gasteiger partial charge on any atom is 0.150 e. The molecule has 0 aliphatic rings. The van der Waals surface area contributed by atoms with Crippen molar-refractivity contribution in [1.29, 1.82) is 0 Å². The number of aldehydes is 1. The first-order valence-electron chi connectivity index (χ1n) is 6.26. The third-order valence-electron chi connectivity index (χ3n) is 2.93. The zero-order valence-electron chi connectivity index (χ0n) is 11.1. The number of benzene rings is 1. The Labute approximate surface area is 112 Å². The van der Waals surface area contributed by atoms with Crippen molar-refractivity contribution in [3.05, 3.63) is 47.5 Å². The minimum atomic E-state index is 0.622. The van der Waals surface area contributed by atoms with Crippen LogP contribution < -0.4 is 5.32 Å². The van der Waals surface area contributed by atoms with Crippen molar-refractivity contribution in [3.63, 3.8) is 0 Å². The predicted octanol–water partition coefficient (Wildman–Crippen LogP) is 2.75. The van der Waals surface area contributed by atoms with E-state index in [1.165, 1.54) is 0 Å². The van der Waals surface area contributed by atoms with Gasteiger partial charge in [-0.1, -0.05) is 25.1 Å². The lowest BCUT2D eigenvalue weighted by Crippen LogP contribution is -1.95. The average Bonchev–Trinajstić information content (AvgIpc) is 2.92. The van der Waals surface area contributed by atoms with E-state index < -0.39 is 0 Å². The second-order valence-electron chi connectivity index (χ2n) is 4.15. The maximum atomic E-state index is 11.3. The van der Waals surface area contributed by atoms with Gasteiger partial charge in [0.2, 0.25) is 0 Å². The lowest BCUT2D eigenvalue weighted by atomic mass is 10.0. The number of hydrogen-bond acceptors (Lipinski definition) is 3. The number of H-pyrrole nitrogens is 1. The van der Waals surface area contributed by atoms with Crippen LogP contribution in [-0.4, -0.2) is 23.3 Å². The van der Waals surface area contributed by atoms with Crippen molar-refractivity contribution >= 4 is 23.6 Å². The number of nitrogens with one attached hydrogen (secondary N) is 2. The second-order valence-corrected chi connectivity index (χ2v) is 4.15. The van der Waals surface area contributed by atoms with E-state index in [1.807, 2.05) is 44.3 Å². The summed E-state index contributed by atoms with van der Waals surface area (Å²) in [5, 5.41) is 3.09. The highest BCUT2D eigenvalue weighted by atomic mass is 16.1. The van der Waals surface area contributed by atoms with Gasteiger partial charge in [0.25, 0.3) is 0 Å². The standard InChI is InChI=1S/C15H17N3O/c1-3-15-17-9-12(18-15)8-11(10-19)13-6-4-5-7-14(13)16-2/h4-10,16H,3H2,1-2H3,(H,17,18)/b11-8+. The van der Waals surface area contributed by atoms with E-state index >= 15 is 0 Å². The summed E-state index contributed by atoms with van der Waals surface area (Å²) in [5.41, 5.74) is 3.27. The summed E-state index contributed by atoms with van der Waals surface area (Å²) in [5.74, 6) is 0.915. The fourth-order valence-corrected chi connectivity index (χ4v) is 1.93. The Balaban J connectivity index is 2.41. The number of hydrogen-bond donors (Lipinski definition) is 2. The van der Waals surface area contributed by atoms with Crippen LogP contribution in [0.2, 0.25) is 0 Å². The van der Waals surface area contributed by atoms with Crippen LogP contribution in [-0.2, 0) is 11.2 Å². The molecule has 4 heteroatoms. The van der Waals surface area contributed by atoms with Crippen molar-refractivity contribution in [2.75, 3.05) is 12.4 Å². The zero-order chi connectivity index (χ0) is 13.7. The predicted molar refractivity (Wildman–Crippen MR) is 77.9 cm³/mol. The molecule has 98 valence electrons. The molecule has 0 unspecified atom stereocenters. The lowest BCUT2D eigenvalue weighted by molar-refractivity contribution is -0.103. The van der Waals surface area contributed by atoms with Gasteiger partial charge in [0.15, 0.2) is 6.29 Å². The van der Waals surface area contributed by atoms with E-state index in [-0.39, 0.29) is 0 Å². The first kappa shape index (κ1) is 13.1. The molecule has 0 bridgehead atoms. The van der Waals surface area contributed by atoms with E-state index in [4.69, 9.17) is 0 Å². The number of para-hydroxylation sites is 1. The number of aromatic amines is 1. The summed E-state index contributed by atoms with van der Waals surface area (Å²) < 4.78 is 0. The maximum absolute atomic E-state index is 11.3. The Hall–Kier alpha value is -2.36. The monoisotopic (exact) mass is 255 g/mol. The first-order chi connectivity index (χ1) is 9.28. The number of anilines is 1. The molecule has 0 aliphatic carbocycles. The molecule has 0 saturated heterocycles. The molecule has 2 rings (SSSR count). The number of aryl methyl sites for hydroxylation is 1. The largest absolute Gasteiger partial charge is 0.388 e. The van der Waals surface area contributed by atoms with Crippen LogP contribution in [0.5, 0.6) is 0 Å². The summed E-state index contributed by atoms with van der Waals surface area (Å²) in [6, 6.07) is 7.71. The summed E-state index contributed by atoms with van der Waals surface area (Å²) in [4.78, 5) is 18.7. The Bertz CT molecular complexity index is 599. The number of rotatable bonds is 5. The number of nitrogens with zero attached hydrogens (tertiary/aromatic N) is 1. The molecule has 2 N–H and O–H groups in total. The molecular weight excluding hydrogens is 238 g/mol. The SMILES string of the molecule is CCc1ncc(/C=C(\C=O)c2ccccc2NC)[nH]1. The van der Waals surface area contributed by atoms with Crippen molar-refractivity contribution < 1.29 is 4.79 Å². The van der Waals surface area contributed by atoms with Crippen molar-refractivity contribution in [3.8, 4) is 0 Å². The van der Waals surface area contributed by atoms with Gasteiger partial charge < -0.3 is 10.3 Å². The van der Waals surface area contributed by atoms with Gasteiger partial charge in [0.05, 0.1) is 11.9 Å². The highest BCUT2D eigenvalue weighted by molar-refractivity contribution is 6.15. The third-order valence-corrected chi connectivity index (χ3v) is 2.93. The van der Waals surface area contributed by atoms with Crippen LogP contribution in [0.25, 0.3) is 11.6 Å². The molecule has 2 aromatic rings. The molecule has 0 fully saturated rings. The molecular formula is C15H17N3O. The van der Waals surface area contributed by atoms with E-state index in [0.29, 0.717) is 5.57 Å². The van der Waals surface area contributed by atoms with Crippen LogP contribution in [0.1, 0.15) is 24.0 Å². The lowest BCUT2D eigenvalue weighted by Gasteiger charge is -2.07. The first-order valence-corrected chi connectivity index (χ1v) is 6.26. The van der Waals surface area contributed by atoms with E-state index in [2.05, 4.69) is 15.3 Å². The summed E-state index contributed by atoms with van der Waals surface area (Å²) >= 11 is 0. The summed E-state index contributed by atoms with van der Waals surface area (Å²) in [7, 11) is 1.84. The average molecular weight is 255 g/mol. The van der Waals surface area contributed by atoms with Gasteiger partial charge in [-0.15, -0.1) is 0 Å². The van der Waals surface area contributed by atoms with Gasteiger partial charge in [-0.3, -0.25) is 4.79 Å². The van der Waals surface area contributed by atoms with Gasteiger partial charge in [-0.2, -0.15) is 0 Å². The van der Waals surface area contributed by atoms with Crippen LogP contribution in [0.4, 0.5) is 5.69 Å².